The van der Waals surface area contributed by atoms with Crippen LogP contribution in [0.4, 0.5) is 5.82 Å². The molecule has 0 spiro atoms. The van der Waals surface area contributed by atoms with Crippen molar-refractivity contribution in [2.75, 3.05) is 12.0 Å². The van der Waals surface area contributed by atoms with Gasteiger partial charge in [0.1, 0.15) is 11.5 Å². The van der Waals surface area contributed by atoms with Crippen molar-refractivity contribution in [1.82, 2.24) is 15.3 Å². The summed E-state index contributed by atoms with van der Waals surface area (Å²) in [5.74, 6) is 5.47. The fourth-order valence-electron chi connectivity index (χ4n) is 1.58. The van der Waals surface area contributed by atoms with Crippen LogP contribution >= 0.6 is 0 Å². The standard InChI is InChI=1S/C13H15N5O/c14-18-12-6-3-5-11(17-12)13(19)16-9-7-10-4-1-2-8-15-10/h1-6,8H,7,9,14H2,(H,16,19)(H,17,18). The molecule has 0 aliphatic carbocycles. The second-order valence-electron chi connectivity index (χ2n) is 3.88. The number of carbonyl (C=O) groups excluding carboxylic acids is 1. The second-order valence-corrected chi connectivity index (χ2v) is 3.88. The van der Waals surface area contributed by atoms with E-state index in [4.69, 9.17) is 5.84 Å². The molecule has 0 aliphatic rings. The molecule has 6 nitrogen and oxygen atoms in total. The van der Waals surface area contributed by atoms with Crippen molar-refractivity contribution in [2.24, 2.45) is 5.84 Å². The van der Waals surface area contributed by atoms with Gasteiger partial charge in [-0.3, -0.25) is 9.78 Å². The van der Waals surface area contributed by atoms with Crippen LogP contribution in [0.15, 0.2) is 42.6 Å². The Balaban J connectivity index is 1.87. The molecule has 2 aromatic rings. The van der Waals surface area contributed by atoms with Gasteiger partial charge in [-0.05, 0) is 24.3 Å². The van der Waals surface area contributed by atoms with Crippen LogP contribution in [0, 0.1) is 0 Å². The van der Waals surface area contributed by atoms with Crippen LogP contribution in [0.2, 0.25) is 0 Å². The Bertz CT molecular complexity index is 544. The first kappa shape index (κ1) is 13.0. The number of pyridine rings is 2. The second kappa shape index (κ2) is 6.46. The molecule has 0 aromatic carbocycles. The van der Waals surface area contributed by atoms with Crippen LogP contribution in [-0.4, -0.2) is 22.4 Å². The van der Waals surface area contributed by atoms with Gasteiger partial charge in [-0.25, -0.2) is 10.8 Å². The van der Waals surface area contributed by atoms with Crippen molar-refractivity contribution >= 4 is 11.7 Å². The lowest BCUT2D eigenvalue weighted by atomic mass is 10.2. The average molecular weight is 257 g/mol. The summed E-state index contributed by atoms with van der Waals surface area (Å²) in [5, 5.41) is 2.79. The SMILES string of the molecule is NNc1cccc(C(=O)NCCc2ccccn2)n1. The molecule has 2 rings (SSSR count). The highest BCUT2D eigenvalue weighted by Gasteiger charge is 2.07. The lowest BCUT2D eigenvalue weighted by Gasteiger charge is -2.05. The Morgan fingerprint density at radius 1 is 1.21 bits per heavy atom. The van der Waals surface area contributed by atoms with E-state index in [-0.39, 0.29) is 5.91 Å². The summed E-state index contributed by atoms with van der Waals surface area (Å²) >= 11 is 0. The highest BCUT2D eigenvalue weighted by Crippen LogP contribution is 2.03. The van der Waals surface area contributed by atoms with E-state index >= 15 is 0 Å². The molecule has 1 amide bonds. The number of aromatic nitrogens is 2. The quantitative estimate of drug-likeness (QED) is 0.542. The Hall–Kier alpha value is -2.47. The third-order valence-electron chi connectivity index (χ3n) is 2.52. The number of carbonyl (C=O) groups is 1. The maximum Gasteiger partial charge on any atom is 0.269 e. The number of amides is 1. The highest BCUT2D eigenvalue weighted by molar-refractivity contribution is 5.92. The first-order chi connectivity index (χ1) is 9.29. The highest BCUT2D eigenvalue weighted by atomic mass is 16.1. The lowest BCUT2D eigenvalue weighted by Crippen LogP contribution is -2.27. The largest absolute Gasteiger partial charge is 0.350 e. The van der Waals surface area contributed by atoms with Crippen LogP contribution in [0.25, 0.3) is 0 Å². The molecule has 0 bridgehead atoms. The van der Waals surface area contributed by atoms with Crippen molar-refractivity contribution in [3.63, 3.8) is 0 Å². The zero-order chi connectivity index (χ0) is 13.5. The lowest BCUT2D eigenvalue weighted by molar-refractivity contribution is 0.0949. The number of hydrogen-bond donors (Lipinski definition) is 3. The molecule has 6 heteroatoms. The van der Waals surface area contributed by atoms with Gasteiger partial charge in [0.05, 0.1) is 0 Å². The number of nitrogen functional groups attached to an aromatic ring is 1. The smallest absolute Gasteiger partial charge is 0.269 e. The van der Waals surface area contributed by atoms with Gasteiger partial charge in [0.25, 0.3) is 5.91 Å². The molecule has 98 valence electrons. The minimum absolute atomic E-state index is 0.229. The van der Waals surface area contributed by atoms with Crippen molar-refractivity contribution in [1.29, 1.82) is 0 Å². The fourth-order valence-corrected chi connectivity index (χ4v) is 1.58. The maximum absolute atomic E-state index is 11.8. The first-order valence-corrected chi connectivity index (χ1v) is 5.91. The Morgan fingerprint density at radius 3 is 2.84 bits per heavy atom. The molecule has 2 aromatic heterocycles. The Morgan fingerprint density at radius 2 is 2.11 bits per heavy atom. The number of hydrazine groups is 1. The zero-order valence-electron chi connectivity index (χ0n) is 10.3. The summed E-state index contributed by atoms with van der Waals surface area (Å²) < 4.78 is 0. The van der Waals surface area contributed by atoms with Gasteiger partial charge in [-0.1, -0.05) is 12.1 Å². The van der Waals surface area contributed by atoms with Crippen molar-refractivity contribution in [3.8, 4) is 0 Å². The van der Waals surface area contributed by atoms with E-state index in [0.29, 0.717) is 24.5 Å². The Labute approximate surface area is 111 Å². The molecular formula is C13H15N5O. The van der Waals surface area contributed by atoms with Crippen LogP contribution in [0.1, 0.15) is 16.2 Å². The van der Waals surface area contributed by atoms with E-state index in [1.807, 2.05) is 18.2 Å². The van der Waals surface area contributed by atoms with E-state index in [2.05, 4.69) is 20.7 Å². The number of rotatable bonds is 5. The zero-order valence-corrected chi connectivity index (χ0v) is 10.3. The number of nitrogens with zero attached hydrogens (tertiary/aromatic N) is 2. The molecule has 4 N–H and O–H groups in total. The number of hydrogen-bond acceptors (Lipinski definition) is 5. The summed E-state index contributed by atoms with van der Waals surface area (Å²) in [6.07, 6.45) is 2.41. The molecule has 0 unspecified atom stereocenters. The van der Waals surface area contributed by atoms with E-state index in [0.717, 1.165) is 5.69 Å². The van der Waals surface area contributed by atoms with Crippen molar-refractivity contribution in [3.05, 3.63) is 54.0 Å². The monoisotopic (exact) mass is 257 g/mol. The maximum atomic E-state index is 11.8. The summed E-state index contributed by atoms with van der Waals surface area (Å²) in [7, 11) is 0. The topological polar surface area (TPSA) is 92.9 Å². The minimum atomic E-state index is -0.229. The molecule has 0 saturated heterocycles. The van der Waals surface area contributed by atoms with Gasteiger partial charge in [0.2, 0.25) is 0 Å². The minimum Gasteiger partial charge on any atom is -0.350 e. The predicted octanol–water partition coefficient (Wildman–Crippen LogP) is 0.735. The van der Waals surface area contributed by atoms with Gasteiger partial charge >= 0.3 is 0 Å². The fraction of sp³-hybridized carbons (Fsp3) is 0.154. The Kier molecular flexibility index (Phi) is 4.41. The van der Waals surface area contributed by atoms with Crippen molar-refractivity contribution in [2.45, 2.75) is 6.42 Å². The molecule has 0 radical (unpaired) electrons. The van der Waals surface area contributed by atoms with Crippen LogP contribution in [-0.2, 0) is 6.42 Å². The van der Waals surface area contributed by atoms with Crippen LogP contribution in [0.5, 0.6) is 0 Å². The van der Waals surface area contributed by atoms with Gasteiger partial charge in [-0.2, -0.15) is 0 Å². The summed E-state index contributed by atoms with van der Waals surface area (Å²) in [6.45, 7) is 0.512. The van der Waals surface area contributed by atoms with E-state index in [9.17, 15) is 4.79 Å². The van der Waals surface area contributed by atoms with Gasteiger partial charge in [-0.15, -0.1) is 0 Å². The molecule has 0 saturated carbocycles. The third kappa shape index (κ3) is 3.75. The van der Waals surface area contributed by atoms with Gasteiger partial charge in [0.15, 0.2) is 0 Å². The molecular weight excluding hydrogens is 242 g/mol. The predicted molar refractivity (Wildman–Crippen MR) is 72.3 cm³/mol. The third-order valence-corrected chi connectivity index (χ3v) is 2.52. The van der Waals surface area contributed by atoms with Crippen LogP contribution < -0.4 is 16.6 Å². The first-order valence-electron chi connectivity index (χ1n) is 5.91. The van der Waals surface area contributed by atoms with E-state index in [1.54, 1.807) is 24.4 Å². The normalized spacial score (nSPS) is 9.95. The molecule has 0 fully saturated rings. The van der Waals surface area contributed by atoms with Gasteiger partial charge in [0, 0.05) is 24.9 Å². The average Bonchev–Trinajstić information content (AvgIpc) is 2.48. The molecule has 2 heterocycles. The van der Waals surface area contributed by atoms with E-state index in [1.165, 1.54) is 0 Å². The summed E-state index contributed by atoms with van der Waals surface area (Å²) in [4.78, 5) is 20.1. The molecule has 0 aliphatic heterocycles. The number of nitrogens with one attached hydrogen (secondary N) is 2. The van der Waals surface area contributed by atoms with Gasteiger partial charge < -0.3 is 10.7 Å². The van der Waals surface area contributed by atoms with E-state index < -0.39 is 0 Å². The van der Waals surface area contributed by atoms with Crippen molar-refractivity contribution < 1.29 is 4.79 Å². The summed E-state index contributed by atoms with van der Waals surface area (Å²) in [5.41, 5.74) is 3.67. The number of nitrogens with two attached hydrogens (primary N) is 1. The molecule has 19 heavy (non-hydrogen) atoms. The van der Waals surface area contributed by atoms with Crippen LogP contribution in [0.3, 0.4) is 0 Å². The number of anilines is 1. The molecule has 0 atom stereocenters. The summed E-state index contributed by atoms with van der Waals surface area (Å²) in [6, 6.07) is 10.7.